The number of rotatable bonds is 1. The molecular formula is C11H11NS. The van der Waals surface area contributed by atoms with Gasteiger partial charge in [-0.15, -0.1) is 11.8 Å². The Morgan fingerprint density at radius 3 is 2.85 bits per heavy atom. The first-order valence-electron chi connectivity index (χ1n) is 4.21. The quantitative estimate of drug-likeness (QED) is 0.639. The molecule has 0 aliphatic rings. The van der Waals surface area contributed by atoms with Crippen LogP contribution in [0.25, 0.3) is 10.9 Å². The standard InChI is InChI=1S/C11H11NS/c1-8-5-6-10(13-2)11-9(8)4-3-7-12-11/h3-7H,1-2H3. The molecule has 0 radical (unpaired) electrons. The fourth-order valence-corrected chi connectivity index (χ4v) is 2.01. The molecule has 0 spiro atoms. The molecule has 0 N–H and O–H groups in total. The summed E-state index contributed by atoms with van der Waals surface area (Å²) in [5.74, 6) is 0. The van der Waals surface area contributed by atoms with Gasteiger partial charge in [-0.05, 0) is 30.9 Å². The van der Waals surface area contributed by atoms with E-state index in [1.54, 1.807) is 11.8 Å². The van der Waals surface area contributed by atoms with Gasteiger partial charge in [0.05, 0.1) is 5.52 Å². The maximum atomic E-state index is 4.39. The number of thioether (sulfide) groups is 1. The third-order valence-electron chi connectivity index (χ3n) is 2.17. The average Bonchev–Trinajstić information content (AvgIpc) is 2.19. The number of fused-ring (bicyclic) bond motifs is 1. The molecule has 0 amide bonds. The Balaban J connectivity index is 2.84. The van der Waals surface area contributed by atoms with Crippen LogP contribution in [-0.4, -0.2) is 11.2 Å². The fourth-order valence-electron chi connectivity index (χ4n) is 1.45. The highest BCUT2D eigenvalue weighted by Crippen LogP contribution is 2.26. The first-order chi connectivity index (χ1) is 6.33. The Kier molecular flexibility index (Phi) is 2.23. The van der Waals surface area contributed by atoms with Gasteiger partial charge in [0, 0.05) is 16.5 Å². The van der Waals surface area contributed by atoms with Crippen LogP contribution in [0.1, 0.15) is 5.56 Å². The number of hydrogen-bond donors (Lipinski definition) is 0. The zero-order chi connectivity index (χ0) is 9.26. The zero-order valence-electron chi connectivity index (χ0n) is 7.74. The van der Waals surface area contributed by atoms with Crippen LogP contribution >= 0.6 is 11.8 Å². The highest BCUT2D eigenvalue weighted by atomic mass is 32.2. The van der Waals surface area contributed by atoms with Gasteiger partial charge in [0.2, 0.25) is 0 Å². The molecule has 2 heteroatoms. The molecule has 0 atom stereocenters. The minimum absolute atomic E-state index is 1.12. The summed E-state index contributed by atoms with van der Waals surface area (Å²) in [4.78, 5) is 5.64. The number of hydrogen-bond acceptors (Lipinski definition) is 2. The zero-order valence-corrected chi connectivity index (χ0v) is 8.56. The van der Waals surface area contributed by atoms with Crippen LogP contribution in [0.4, 0.5) is 0 Å². The normalized spacial score (nSPS) is 10.6. The van der Waals surface area contributed by atoms with Crippen LogP contribution in [0.5, 0.6) is 0 Å². The summed E-state index contributed by atoms with van der Waals surface area (Å²) < 4.78 is 0. The Morgan fingerprint density at radius 2 is 2.08 bits per heavy atom. The summed E-state index contributed by atoms with van der Waals surface area (Å²) in [5, 5.41) is 1.26. The predicted molar refractivity (Wildman–Crippen MR) is 58.3 cm³/mol. The van der Waals surface area contributed by atoms with E-state index in [0.29, 0.717) is 0 Å². The number of aromatic nitrogens is 1. The fraction of sp³-hybridized carbons (Fsp3) is 0.182. The lowest BCUT2D eigenvalue weighted by molar-refractivity contribution is 1.33. The van der Waals surface area contributed by atoms with Gasteiger partial charge >= 0.3 is 0 Å². The molecule has 0 bridgehead atoms. The van der Waals surface area contributed by atoms with E-state index in [1.165, 1.54) is 15.8 Å². The lowest BCUT2D eigenvalue weighted by Gasteiger charge is -2.04. The molecule has 1 nitrogen and oxygen atoms in total. The molecule has 66 valence electrons. The monoisotopic (exact) mass is 189 g/mol. The Labute approximate surface area is 82.2 Å². The summed E-state index contributed by atoms with van der Waals surface area (Å²) in [7, 11) is 0. The molecule has 0 unspecified atom stereocenters. The van der Waals surface area contributed by atoms with E-state index in [0.717, 1.165) is 5.52 Å². The van der Waals surface area contributed by atoms with E-state index in [-0.39, 0.29) is 0 Å². The van der Waals surface area contributed by atoms with Crippen molar-refractivity contribution < 1.29 is 0 Å². The van der Waals surface area contributed by atoms with E-state index >= 15 is 0 Å². The molecule has 2 aromatic rings. The van der Waals surface area contributed by atoms with Crippen molar-refractivity contribution in [1.82, 2.24) is 4.98 Å². The van der Waals surface area contributed by atoms with Crippen molar-refractivity contribution in [3.8, 4) is 0 Å². The largest absolute Gasteiger partial charge is 0.255 e. The summed E-state index contributed by atoms with van der Waals surface area (Å²) in [6.45, 7) is 2.12. The lowest BCUT2D eigenvalue weighted by atomic mass is 10.1. The number of benzene rings is 1. The minimum Gasteiger partial charge on any atom is -0.255 e. The molecule has 0 aliphatic carbocycles. The molecule has 0 saturated heterocycles. The van der Waals surface area contributed by atoms with Gasteiger partial charge in [0.15, 0.2) is 0 Å². The molecule has 0 fully saturated rings. The van der Waals surface area contributed by atoms with Crippen molar-refractivity contribution >= 4 is 22.7 Å². The summed E-state index contributed by atoms with van der Waals surface area (Å²) in [5.41, 5.74) is 2.41. The lowest BCUT2D eigenvalue weighted by Crippen LogP contribution is -1.84. The first kappa shape index (κ1) is 8.57. The second-order valence-corrected chi connectivity index (χ2v) is 3.83. The molecule has 0 aliphatic heterocycles. The molecule has 1 aromatic carbocycles. The van der Waals surface area contributed by atoms with Crippen molar-refractivity contribution in [2.24, 2.45) is 0 Å². The van der Waals surface area contributed by atoms with Crippen LogP contribution in [0.15, 0.2) is 35.4 Å². The van der Waals surface area contributed by atoms with E-state index in [2.05, 4.69) is 36.4 Å². The third-order valence-corrected chi connectivity index (χ3v) is 2.94. The van der Waals surface area contributed by atoms with Gasteiger partial charge in [-0.1, -0.05) is 12.1 Å². The summed E-state index contributed by atoms with van der Waals surface area (Å²) >= 11 is 1.74. The molecular weight excluding hydrogens is 178 g/mol. The Morgan fingerprint density at radius 1 is 1.23 bits per heavy atom. The minimum atomic E-state index is 1.12. The molecule has 2 rings (SSSR count). The van der Waals surface area contributed by atoms with Crippen LogP contribution in [0.3, 0.4) is 0 Å². The van der Waals surface area contributed by atoms with Gasteiger partial charge in [-0.25, -0.2) is 0 Å². The van der Waals surface area contributed by atoms with Gasteiger partial charge in [0.25, 0.3) is 0 Å². The van der Waals surface area contributed by atoms with Crippen LogP contribution < -0.4 is 0 Å². The maximum Gasteiger partial charge on any atom is 0.0840 e. The third kappa shape index (κ3) is 1.42. The molecule has 1 heterocycles. The number of pyridine rings is 1. The second kappa shape index (κ2) is 3.38. The van der Waals surface area contributed by atoms with Crippen LogP contribution in [0, 0.1) is 6.92 Å². The number of aryl methyl sites for hydroxylation is 1. The van der Waals surface area contributed by atoms with Crippen LogP contribution in [-0.2, 0) is 0 Å². The van der Waals surface area contributed by atoms with Crippen molar-refractivity contribution in [2.75, 3.05) is 6.26 Å². The van der Waals surface area contributed by atoms with E-state index < -0.39 is 0 Å². The van der Waals surface area contributed by atoms with E-state index in [1.807, 2.05) is 12.3 Å². The van der Waals surface area contributed by atoms with Crippen molar-refractivity contribution in [3.63, 3.8) is 0 Å². The van der Waals surface area contributed by atoms with Gasteiger partial charge < -0.3 is 0 Å². The number of nitrogens with zero attached hydrogens (tertiary/aromatic N) is 1. The molecule has 13 heavy (non-hydrogen) atoms. The van der Waals surface area contributed by atoms with Gasteiger partial charge in [-0.3, -0.25) is 4.98 Å². The van der Waals surface area contributed by atoms with E-state index in [9.17, 15) is 0 Å². The van der Waals surface area contributed by atoms with Crippen molar-refractivity contribution in [1.29, 1.82) is 0 Å². The SMILES string of the molecule is CSc1ccc(C)c2cccnc12. The summed E-state index contributed by atoms with van der Waals surface area (Å²) in [6.07, 6.45) is 3.93. The molecule has 0 saturated carbocycles. The Hall–Kier alpha value is -1.02. The van der Waals surface area contributed by atoms with Gasteiger partial charge in [0.1, 0.15) is 0 Å². The smallest absolute Gasteiger partial charge is 0.0840 e. The van der Waals surface area contributed by atoms with Crippen LogP contribution in [0.2, 0.25) is 0 Å². The van der Waals surface area contributed by atoms with Crippen molar-refractivity contribution in [2.45, 2.75) is 11.8 Å². The maximum absolute atomic E-state index is 4.39. The van der Waals surface area contributed by atoms with Gasteiger partial charge in [-0.2, -0.15) is 0 Å². The van der Waals surface area contributed by atoms with Crippen molar-refractivity contribution in [3.05, 3.63) is 36.0 Å². The highest BCUT2D eigenvalue weighted by molar-refractivity contribution is 7.98. The molecule has 1 aromatic heterocycles. The first-order valence-corrected chi connectivity index (χ1v) is 5.43. The average molecular weight is 189 g/mol. The summed E-state index contributed by atoms with van der Waals surface area (Å²) in [6, 6.07) is 8.39. The highest BCUT2D eigenvalue weighted by Gasteiger charge is 2.02. The second-order valence-electron chi connectivity index (χ2n) is 2.98. The topological polar surface area (TPSA) is 12.9 Å². The predicted octanol–water partition coefficient (Wildman–Crippen LogP) is 3.27. The Bertz CT molecular complexity index is 437. The van der Waals surface area contributed by atoms with E-state index in [4.69, 9.17) is 0 Å².